The minimum absolute atomic E-state index is 0.115. The number of fused-ring (bicyclic) bond motifs is 1. The second kappa shape index (κ2) is 8.10. The van der Waals surface area contributed by atoms with Crippen molar-refractivity contribution in [3.8, 4) is 5.75 Å². The maximum absolute atomic E-state index is 12.4. The number of carbonyl (C=O) groups excluding carboxylic acids is 1. The van der Waals surface area contributed by atoms with E-state index in [0.717, 1.165) is 22.0 Å². The lowest BCUT2D eigenvalue weighted by Gasteiger charge is -2.12. The Hall–Kier alpha value is -3.74. The van der Waals surface area contributed by atoms with Gasteiger partial charge in [0.1, 0.15) is 12.0 Å². The Morgan fingerprint density at radius 1 is 1.21 bits per heavy atom. The molecule has 3 aromatic heterocycles. The van der Waals surface area contributed by atoms with Crippen LogP contribution >= 0.6 is 0 Å². The van der Waals surface area contributed by atoms with Crippen LogP contribution in [-0.4, -0.2) is 20.9 Å². The number of rotatable bonds is 6. The Morgan fingerprint density at radius 3 is 2.93 bits per heavy atom. The van der Waals surface area contributed by atoms with Gasteiger partial charge in [0.25, 0.3) is 5.91 Å². The van der Waals surface area contributed by atoms with Crippen molar-refractivity contribution < 1.29 is 13.9 Å². The molecule has 0 saturated carbocycles. The number of nitrogens with one attached hydrogen (secondary N) is 1. The molecule has 0 aliphatic rings. The standard InChI is InChI=1S/C22H20N4O3/c1-14-6-7-18(24-10-14)15(2)25-22(27)19-12-29-21(26-19)13-28-20-5-3-4-16-11-23-9-8-17(16)20/h3-12,15H,13H2,1-2H3,(H,25,27)/t15-/m0/s1. The monoisotopic (exact) mass is 388 g/mol. The van der Waals surface area contributed by atoms with Gasteiger partial charge in [-0.3, -0.25) is 14.8 Å². The third-order valence-electron chi connectivity index (χ3n) is 4.50. The Bertz CT molecular complexity index is 1130. The molecule has 0 unspecified atom stereocenters. The molecule has 7 nitrogen and oxygen atoms in total. The van der Waals surface area contributed by atoms with E-state index in [2.05, 4.69) is 20.3 Å². The first kappa shape index (κ1) is 18.6. The first-order chi connectivity index (χ1) is 14.1. The van der Waals surface area contributed by atoms with Crippen molar-refractivity contribution in [3.05, 3.63) is 84.1 Å². The number of pyridine rings is 2. The lowest BCUT2D eigenvalue weighted by molar-refractivity contribution is 0.0934. The van der Waals surface area contributed by atoms with Gasteiger partial charge in [-0.05, 0) is 37.6 Å². The summed E-state index contributed by atoms with van der Waals surface area (Å²) in [6.45, 7) is 3.95. The summed E-state index contributed by atoms with van der Waals surface area (Å²) in [6, 6.07) is 11.2. The number of carbonyl (C=O) groups is 1. The SMILES string of the molecule is Cc1ccc([C@H](C)NC(=O)c2coc(COc3cccc4cnccc34)n2)nc1. The molecule has 0 fully saturated rings. The van der Waals surface area contributed by atoms with Crippen molar-refractivity contribution in [2.75, 3.05) is 0 Å². The molecule has 1 atom stereocenters. The van der Waals surface area contributed by atoms with Crippen LogP contribution < -0.4 is 10.1 Å². The summed E-state index contributed by atoms with van der Waals surface area (Å²) in [4.78, 5) is 25.1. The van der Waals surface area contributed by atoms with Crippen molar-refractivity contribution in [1.29, 1.82) is 0 Å². The van der Waals surface area contributed by atoms with Gasteiger partial charge in [0.05, 0.1) is 11.7 Å². The van der Waals surface area contributed by atoms with Crippen LogP contribution in [0.25, 0.3) is 10.8 Å². The van der Waals surface area contributed by atoms with E-state index in [0.29, 0.717) is 11.6 Å². The maximum atomic E-state index is 12.4. The number of aryl methyl sites for hydroxylation is 1. The number of nitrogens with zero attached hydrogens (tertiary/aromatic N) is 3. The molecule has 0 bridgehead atoms. The first-order valence-corrected chi connectivity index (χ1v) is 9.23. The highest BCUT2D eigenvalue weighted by atomic mass is 16.5. The van der Waals surface area contributed by atoms with E-state index < -0.39 is 0 Å². The molecule has 4 aromatic rings. The molecule has 7 heteroatoms. The van der Waals surface area contributed by atoms with Gasteiger partial charge in [-0.15, -0.1) is 0 Å². The van der Waals surface area contributed by atoms with Gasteiger partial charge in [0.2, 0.25) is 5.89 Å². The summed E-state index contributed by atoms with van der Waals surface area (Å²) in [5.74, 6) is 0.696. The summed E-state index contributed by atoms with van der Waals surface area (Å²) >= 11 is 0. The molecule has 3 heterocycles. The molecule has 146 valence electrons. The number of aromatic nitrogens is 3. The zero-order valence-corrected chi connectivity index (χ0v) is 16.1. The first-order valence-electron chi connectivity index (χ1n) is 9.23. The lowest BCUT2D eigenvalue weighted by Crippen LogP contribution is -2.27. The number of ether oxygens (including phenoxy) is 1. The Morgan fingerprint density at radius 2 is 2.10 bits per heavy atom. The van der Waals surface area contributed by atoms with Gasteiger partial charge in [0, 0.05) is 29.4 Å². The predicted molar refractivity (Wildman–Crippen MR) is 107 cm³/mol. The van der Waals surface area contributed by atoms with E-state index in [9.17, 15) is 4.79 Å². The second-order valence-electron chi connectivity index (χ2n) is 6.72. The topological polar surface area (TPSA) is 90.1 Å². The normalized spacial score (nSPS) is 11.9. The quantitative estimate of drug-likeness (QED) is 0.537. The van der Waals surface area contributed by atoms with Gasteiger partial charge in [-0.1, -0.05) is 18.2 Å². The van der Waals surface area contributed by atoms with Crippen LogP contribution in [0, 0.1) is 6.92 Å². The van der Waals surface area contributed by atoms with E-state index in [-0.39, 0.29) is 24.2 Å². The predicted octanol–water partition coefficient (Wildman–Crippen LogP) is 4.00. The molecule has 0 radical (unpaired) electrons. The van der Waals surface area contributed by atoms with E-state index >= 15 is 0 Å². The van der Waals surface area contributed by atoms with Gasteiger partial charge in [-0.25, -0.2) is 4.98 Å². The number of hydrogen-bond donors (Lipinski definition) is 1. The number of benzene rings is 1. The van der Waals surface area contributed by atoms with Crippen molar-refractivity contribution in [2.45, 2.75) is 26.5 Å². The smallest absolute Gasteiger partial charge is 0.273 e. The number of oxazole rings is 1. The van der Waals surface area contributed by atoms with Gasteiger partial charge >= 0.3 is 0 Å². The second-order valence-corrected chi connectivity index (χ2v) is 6.72. The molecule has 1 amide bonds. The van der Waals surface area contributed by atoms with Crippen molar-refractivity contribution in [2.24, 2.45) is 0 Å². The van der Waals surface area contributed by atoms with Gasteiger partial charge in [-0.2, -0.15) is 0 Å². The molecule has 29 heavy (non-hydrogen) atoms. The molecule has 0 spiro atoms. The summed E-state index contributed by atoms with van der Waals surface area (Å²) in [7, 11) is 0. The summed E-state index contributed by atoms with van der Waals surface area (Å²) < 4.78 is 11.2. The average molecular weight is 388 g/mol. The molecule has 1 aromatic carbocycles. The minimum Gasteiger partial charge on any atom is -0.483 e. The van der Waals surface area contributed by atoms with E-state index in [1.807, 2.05) is 50.2 Å². The highest BCUT2D eigenvalue weighted by molar-refractivity contribution is 5.92. The average Bonchev–Trinajstić information content (AvgIpc) is 3.22. The molecular formula is C22H20N4O3. The third-order valence-corrected chi connectivity index (χ3v) is 4.50. The minimum atomic E-state index is -0.328. The molecule has 1 N–H and O–H groups in total. The maximum Gasteiger partial charge on any atom is 0.273 e. The molecule has 0 saturated heterocycles. The Labute approximate surface area is 167 Å². The number of hydrogen-bond acceptors (Lipinski definition) is 6. The summed E-state index contributed by atoms with van der Waals surface area (Å²) in [5, 5.41) is 4.80. The Kier molecular flexibility index (Phi) is 5.20. The van der Waals surface area contributed by atoms with E-state index in [4.69, 9.17) is 9.15 Å². The van der Waals surface area contributed by atoms with Crippen LogP contribution in [0.1, 0.15) is 40.6 Å². The van der Waals surface area contributed by atoms with Crippen molar-refractivity contribution >= 4 is 16.7 Å². The third kappa shape index (κ3) is 4.24. The van der Waals surface area contributed by atoms with Gasteiger partial charge in [0.15, 0.2) is 12.3 Å². The summed E-state index contributed by atoms with van der Waals surface area (Å²) in [6.07, 6.45) is 6.59. The fourth-order valence-electron chi connectivity index (χ4n) is 2.92. The fraction of sp³-hybridized carbons (Fsp3) is 0.182. The van der Waals surface area contributed by atoms with Crippen LogP contribution in [-0.2, 0) is 6.61 Å². The highest BCUT2D eigenvalue weighted by Crippen LogP contribution is 2.25. The van der Waals surface area contributed by atoms with E-state index in [1.165, 1.54) is 6.26 Å². The van der Waals surface area contributed by atoms with Crippen LogP contribution in [0.5, 0.6) is 5.75 Å². The van der Waals surface area contributed by atoms with Crippen LogP contribution in [0.4, 0.5) is 0 Å². The largest absolute Gasteiger partial charge is 0.483 e. The van der Waals surface area contributed by atoms with E-state index in [1.54, 1.807) is 18.6 Å². The zero-order chi connectivity index (χ0) is 20.2. The fourth-order valence-corrected chi connectivity index (χ4v) is 2.92. The molecular weight excluding hydrogens is 368 g/mol. The highest BCUT2D eigenvalue weighted by Gasteiger charge is 2.16. The Balaban J connectivity index is 1.40. The van der Waals surface area contributed by atoms with Crippen LogP contribution in [0.3, 0.4) is 0 Å². The number of amides is 1. The van der Waals surface area contributed by atoms with Crippen molar-refractivity contribution in [3.63, 3.8) is 0 Å². The lowest BCUT2D eigenvalue weighted by atomic mass is 10.1. The van der Waals surface area contributed by atoms with Crippen LogP contribution in [0.2, 0.25) is 0 Å². The molecule has 4 rings (SSSR count). The summed E-state index contributed by atoms with van der Waals surface area (Å²) in [5.41, 5.74) is 2.04. The molecule has 0 aliphatic heterocycles. The van der Waals surface area contributed by atoms with Crippen LogP contribution in [0.15, 0.2) is 65.7 Å². The van der Waals surface area contributed by atoms with Crippen molar-refractivity contribution in [1.82, 2.24) is 20.3 Å². The molecule has 0 aliphatic carbocycles. The zero-order valence-electron chi connectivity index (χ0n) is 16.1. The van der Waals surface area contributed by atoms with Gasteiger partial charge < -0.3 is 14.5 Å².